The van der Waals surface area contributed by atoms with E-state index in [-0.39, 0.29) is 0 Å². The van der Waals surface area contributed by atoms with Gasteiger partial charge in [0.2, 0.25) is 0 Å². The molecule has 2 rings (SSSR count). The van der Waals surface area contributed by atoms with E-state index in [9.17, 15) is 0 Å². The molecule has 0 bridgehead atoms. The molecule has 1 saturated heterocycles. The summed E-state index contributed by atoms with van der Waals surface area (Å²) in [4.78, 5) is 0. The Balaban J connectivity index is 1.86. The van der Waals surface area contributed by atoms with Gasteiger partial charge in [-0.05, 0) is 31.4 Å². The van der Waals surface area contributed by atoms with Crippen molar-refractivity contribution < 1.29 is 0 Å². The minimum absolute atomic E-state index is 0.640. The van der Waals surface area contributed by atoms with Crippen molar-refractivity contribution in [1.82, 2.24) is 15.1 Å². The van der Waals surface area contributed by atoms with Crippen LogP contribution in [0.3, 0.4) is 0 Å². The summed E-state index contributed by atoms with van der Waals surface area (Å²) in [5, 5.41) is 7.98. The third-order valence-corrected chi connectivity index (χ3v) is 2.99. The highest BCUT2D eigenvalue weighted by molar-refractivity contribution is 5.01. The zero-order valence-corrected chi connectivity index (χ0v) is 9.03. The standard InChI is InChI=1S/C11H19N3/c1-9-3-4-10(12-8-9)7-11-5-6-14(2)13-11/h5-6,9-10,12H,3-4,7-8H2,1-2H3. The third kappa shape index (κ3) is 2.35. The molecule has 3 heteroatoms. The van der Waals surface area contributed by atoms with Crippen molar-refractivity contribution in [2.45, 2.75) is 32.2 Å². The topological polar surface area (TPSA) is 29.9 Å². The molecule has 1 aromatic rings. The van der Waals surface area contributed by atoms with Crippen LogP contribution in [0.5, 0.6) is 0 Å². The van der Waals surface area contributed by atoms with E-state index in [1.165, 1.54) is 18.5 Å². The molecule has 0 radical (unpaired) electrons. The molecule has 1 aliphatic rings. The first-order valence-corrected chi connectivity index (χ1v) is 5.46. The van der Waals surface area contributed by atoms with Crippen LogP contribution in [0.25, 0.3) is 0 Å². The molecule has 1 aromatic heterocycles. The number of nitrogens with one attached hydrogen (secondary N) is 1. The smallest absolute Gasteiger partial charge is 0.0639 e. The summed E-state index contributed by atoms with van der Waals surface area (Å²) in [5.41, 5.74) is 1.21. The van der Waals surface area contributed by atoms with Gasteiger partial charge < -0.3 is 5.32 Å². The number of hydrogen-bond donors (Lipinski definition) is 1. The Kier molecular flexibility index (Phi) is 2.87. The quantitative estimate of drug-likeness (QED) is 0.768. The largest absolute Gasteiger partial charge is 0.313 e. The molecule has 0 saturated carbocycles. The van der Waals surface area contributed by atoms with Crippen LogP contribution >= 0.6 is 0 Å². The molecule has 0 aliphatic carbocycles. The van der Waals surface area contributed by atoms with Gasteiger partial charge >= 0.3 is 0 Å². The van der Waals surface area contributed by atoms with Crippen molar-refractivity contribution in [3.05, 3.63) is 18.0 Å². The predicted octanol–water partition coefficient (Wildman–Crippen LogP) is 1.35. The maximum absolute atomic E-state index is 4.40. The lowest BCUT2D eigenvalue weighted by Gasteiger charge is -2.27. The molecule has 0 aromatic carbocycles. The van der Waals surface area contributed by atoms with E-state index >= 15 is 0 Å². The lowest BCUT2D eigenvalue weighted by molar-refractivity contribution is 0.324. The fourth-order valence-corrected chi connectivity index (χ4v) is 2.06. The number of rotatable bonds is 2. The summed E-state index contributed by atoms with van der Waals surface area (Å²) in [5.74, 6) is 0.843. The molecule has 1 N–H and O–H groups in total. The highest BCUT2D eigenvalue weighted by Crippen LogP contribution is 2.15. The van der Waals surface area contributed by atoms with Gasteiger partial charge in [-0.25, -0.2) is 0 Å². The normalized spacial score (nSPS) is 27.9. The van der Waals surface area contributed by atoms with Crippen molar-refractivity contribution in [1.29, 1.82) is 0 Å². The Morgan fingerprint density at radius 2 is 2.43 bits per heavy atom. The first-order valence-electron chi connectivity index (χ1n) is 5.46. The lowest BCUT2D eigenvalue weighted by atomic mass is 9.94. The predicted molar refractivity (Wildman–Crippen MR) is 57.1 cm³/mol. The van der Waals surface area contributed by atoms with Crippen LogP contribution in [0, 0.1) is 5.92 Å². The van der Waals surface area contributed by atoms with Crippen LogP contribution in [0.15, 0.2) is 12.3 Å². The SMILES string of the molecule is CC1CCC(Cc2ccn(C)n2)NC1. The second-order valence-electron chi connectivity index (χ2n) is 4.47. The van der Waals surface area contributed by atoms with E-state index in [0.29, 0.717) is 6.04 Å². The second-order valence-corrected chi connectivity index (χ2v) is 4.47. The number of nitrogens with zero attached hydrogens (tertiary/aromatic N) is 2. The van der Waals surface area contributed by atoms with Gasteiger partial charge in [-0.1, -0.05) is 6.92 Å². The first-order chi connectivity index (χ1) is 6.74. The molecular formula is C11H19N3. The molecule has 0 spiro atoms. The number of piperidine rings is 1. The van der Waals surface area contributed by atoms with E-state index in [1.807, 2.05) is 17.9 Å². The van der Waals surface area contributed by atoms with Crippen LogP contribution < -0.4 is 5.32 Å². The zero-order valence-electron chi connectivity index (χ0n) is 9.03. The molecule has 1 aliphatic heterocycles. The minimum atomic E-state index is 0.640. The maximum atomic E-state index is 4.40. The van der Waals surface area contributed by atoms with Gasteiger partial charge in [0.1, 0.15) is 0 Å². The van der Waals surface area contributed by atoms with Crippen LogP contribution in [-0.2, 0) is 13.5 Å². The van der Waals surface area contributed by atoms with E-state index < -0.39 is 0 Å². The van der Waals surface area contributed by atoms with Crippen LogP contribution in [0.4, 0.5) is 0 Å². The van der Waals surface area contributed by atoms with E-state index in [2.05, 4.69) is 23.4 Å². The van der Waals surface area contributed by atoms with Crippen LogP contribution in [0.1, 0.15) is 25.5 Å². The number of aromatic nitrogens is 2. The Bertz CT molecular complexity index is 284. The Labute approximate surface area is 85.5 Å². The summed E-state index contributed by atoms with van der Waals surface area (Å²) < 4.78 is 1.88. The number of hydrogen-bond acceptors (Lipinski definition) is 2. The van der Waals surface area contributed by atoms with Gasteiger partial charge in [-0.3, -0.25) is 4.68 Å². The van der Waals surface area contributed by atoms with Crippen molar-refractivity contribution in [3.8, 4) is 0 Å². The maximum Gasteiger partial charge on any atom is 0.0639 e. The molecule has 78 valence electrons. The molecule has 3 nitrogen and oxygen atoms in total. The van der Waals surface area contributed by atoms with Gasteiger partial charge in [-0.2, -0.15) is 5.10 Å². The highest BCUT2D eigenvalue weighted by atomic mass is 15.2. The molecule has 0 amide bonds. The van der Waals surface area contributed by atoms with Crippen LogP contribution in [0.2, 0.25) is 0 Å². The molecule has 2 heterocycles. The Morgan fingerprint density at radius 3 is 3.00 bits per heavy atom. The van der Waals surface area contributed by atoms with Gasteiger partial charge in [-0.15, -0.1) is 0 Å². The fraction of sp³-hybridized carbons (Fsp3) is 0.727. The highest BCUT2D eigenvalue weighted by Gasteiger charge is 2.18. The zero-order chi connectivity index (χ0) is 9.97. The van der Waals surface area contributed by atoms with E-state index in [4.69, 9.17) is 0 Å². The lowest BCUT2D eigenvalue weighted by Crippen LogP contribution is -2.39. The fourth-order valence-electron chi connectivity index (χ4n) is 2.06. The minimum Gasteiger partial charge on any atom is -0.313 e. The Hall–Kier alpha value is -0.830. The molecule has 2 atom stereocenters. The average Bonchev–Trinajstić information content (AvgIpc) is 2.56. The first kappa shape index (κ1) is 9.71. The van der Waals surface area contributed by atoms with Gasteiger partial charge in [0.15, 0.2) is 0 Å². The second kappa shape index (κ2) is 4.13. The summed E-state index contributed by atoms with van der Waals surface area (Å²) >= 11 is 0. The van der Waals surface area contributed by atoms with Crippen molar-refractivity contribution in [2.75, 3.05) is 6.54 Å². The van der Waals surface area contributed by atoms with E-state index in [1.54, 1.807) is 0 Å². The summed E-state index contributed by atoms with van der Waals surface area (Å²) in [6.07, 6.45) is 5.73. The van der Waals surface area contributed by atoms with Crippen LogP contribution in [-0.4, -0.2) is 22.4 Å². The summed E-state index contributed by atoms with van der Waals surface area (Å²) in [7, 11) is 1.97. The number of aryl methyl sites for hydroxylation is 1. The molecule has 2 unspecified atom stereocenters. The van der Waals surface area contributed by atoms with Gasteiger partial charge in [0.05, 0.1) is 5.69 Å². The van der Waals surface area contributed by atoms with E-state index in [0.717, 1.165) is 18.9 Å². The Morgan fingerprint density at radius 1 is 1.57 bits per heavy atom. The third-order valence-electron chi connectivity index (χ3n) is 2.99. The monoisotopic (exact) mass is 193 g/mol. The molecular weight excluding hydrogens is 174 g/mol. The average molecular weight is 193 g/mol. The van der Waals surface area contributed by atoms with Crippen molar-refractivity contribution in [2.24, 2.45) is 13.0 Å². The molecule has 14 heavy (non-hydrogen) atoms. The van der Waals surface area contributed by atoms with Crippen molar-refractivity contribution in [3.63, 3.8) is 0 Å². The van der Waals surface area contributed by atoms with Gasteiger partial charge in [0.25, 0.3) is 0 Å². The summed E-state index contributed by atoms with van der Waals surface area (Å²) in [6, 6.07) is 2.75. The molecule has 1 fully saturated rings. The van der Waals surface area contributed by atoms with Crippen molar-refractivity contribution >= 4 is 0 Å². The summed E-state index contributed by atoms with van der Waals surface area (Å²) in [6.45, 7) is 3.47. The van der Waals surface area contributed by atoms with Gasteiger partial charge in [0, 0.05) is 25.7 Å².